The zero-order valence-electron chi connectivity index (χ0n) is 10.4. The molecule has 1 heterocycles. The zero-order valence-corrected chi connectivity index (χ0v) is 12.0. The van der Waals surface area contributed by atoms with Crippen LogP contribution in [0.2, 0.25) is 0 Å². The first-order valence-electron chi connectivity index (χ1n) is 6.27. The fourth-order valence-corrected chi connectivity index (χ4v) is 2.90. The van der Waals surface area contributed by atoms with Crippen molar-refractivity contribution in [2.75, 3.05) is 17.2 Å². The third-order valence-electron chi connectivity index (χ3n) is 3.47. The minimum absolute atomic E-state index is 0.327. The Kier molecular flexibility index (Phi) is 3.19. The molecule has 19 heavy (non-hydrogen) atoms. The summed E-state index contributed by atoms with van der Waals surface area (Å²) in [6.45, 7) is 0.902. The van der Waals surface area contributed by atoms with Crippen LogP contribution >= 0.6 is 15.9 Å². The molecule has 0 spiro atoms. The highest BCUT2D eigenvalue weighted by Crippen LogP contribution is 2.38. The van der Waals surface area contributed by atoms with Crippen LogP contribution < -0.4 is 10.6 Å². The van der Waals surface area contributed by atoms with Crippen molar-refractivity contribution in [1.82, 2.24) is 0 Å². The van der Waals surface area contributed by atoms with Gasteiger partial charge in [-0.05, 0) is 46.5 Å². The summed E-state index contributed by atoms with van der Waals surface area (Å²) in [5.74, 6) is -0.327. The van der Waals surface area contributed by atoms with Gasteiger partial charge in [0.05, 0.1) is 15.8 Å². The van der Waals surface area contributed by atoms with E-state index in [-0.39, 0.29) is 5.82 Å². The maximum absolute atomic E-state index is 13.5. The standard InChI is InChI=1S/C15H14BrFN2/c16-11-8-15(13(18)9-12(11)17)19-7-3-5-10-4-1-2-6-14(10)19/h1-2,4,6,8-9H,3,5,7,18H2. The molecular weight excluding hydrogens is 307 g/mol. The first-order valence-corrected chi connectivity index (χ1v) is 7.06. The Bertz CT molecular complexity index is 628. The third-order valence-corrected chi connectivity index (χ3v) is 4.08. The average Bonchev–Trinajstić information content (AvgIpc) is 2.42. The van der Waals surface area contributed by atoms with Gasteiger partial charge in [-0.3, -0.25) is 0 Å². The number of anilines is 3. The molecule has 1 aliphatic heterocycles. The van der Waals surface area contributed by atoms with E-state index in [1.165, 1.54) is 17.3 Å². The number of fused-ring (bicyclic) bond motifs is 1. The maximum Gasteiger partial charge on any atom is 0.139 e. The Morgan fingerprint density at radius 2 is 1.95 bits per heavy atom. The quantitative estimate of drug-likeness (QED) is 0.796. The van der Waals surface area contributed by atoms with Crippen LogP contribution in [0.25, 0.3) is 0 Å². The van der Waals surface area contributed by atoms with Gasteiger partial charge >= 0.3 is 0 Å². The second kappa shape index (κ2) is 4.85. The zero-order chi connectivity index (χ0) is 13.4. The Balaban J connectivity index is 2.11. The van der Waals surface area contributed by atoms with Crippen LogP contribution in [-0.2, 0) is 6.42 Å². The van der Waals surface area contributed by atoms with Gasteiger partial charge in [-0.2, -0.15) is 0 Å². The van der Waals surface area contributed by atoms with Gasteiger partial charge in [0, 0.05) is 18.3 Å². The lowest BCUT2D eigenvalue weighted by Gasteiger charge is -2.32. The molecule has 1 aliphatic rings. The van der Waals surface area contributed by atoms with Gasteiger partial charge in [0.1, 0.15) is 5.82 Å². The fraction of sp³-hybridized carbons (Fsp3) is 0.200. The van der Waals surface area contributed by atoms with Gasteiger partial charge in [0.15, 0.2) is 0 Å². The van der Waals surface area contributed by atoms with E-state index in [9.17, 15) is 4.39 Å². The molecule has 0 bridgehead atoms. The van der Waals surface area contributed by atoms with E-state index in [4.69, 9.17) is 5.73 Å². The number of nitrogens with zero attached hydrogens (tertiary/aromatic N) is 1. The molecule has 3 rings (SSSR count). The number of halogens is 2. The molecule has 2 aromatic carbocycles. The van der Waals surface area contributed by atoms with Crippen LogP contribution in [0.4, 0.5) is 21.5 Å². The van der Waals surface area contributed by atoms with Crippen LogP contribution in [0.5, 0.6) is 0 Å². The normalized spacial score (nSPS) is 14.3. The number of nitrogens with two attached hydrogens (primary N) is 1. The number of hydrogen-bond donors (Lipinski definition) is 1. The molecule has 2 N–H and O–H groups in total. The van der Waals surface area contributed by atoms with Crippen molar-refractivity contribution >= 4 is 33.0 Å². The van der Waals surface area contributed by atoms with Crippen molar-refractivity contribution in [3.05, 3.63) is 52.3 Å². The lowest BCUT2D eigenvalue weighted by Crippen LogP contribution is -2.25. The summed E-state index contributed by atoms with van der Waals surface area (Å²) in [6, 6.07) is 11.4. The van der Waals surface area contributed by atoms with Crippen molar-refractivity contribution in [3.63, 3.8) is 0 Å². The van der Waals surface area contributed by atoms with E-state index in [0.29, 0.717) is 10.2 Å². The number of para-hydroxylation sites is 1. The number of nitrogen functional groups attached to an aromatic ring is 1. The molecule has 0 saturated heterocycles. The van der Waals surface area contributed by atoms with Crippen molar-refractivity contribution in [3.8, 4) is 0 Å². The first kappa shape index (κ1) is 12.5. The number of benzene rings is 2. The summed E-state index contributed by atoms with van der Waals surface area (Å²) in [5, 5.41) is 0. The third kappa shape index (κ3) is 2.21. The van der Waals surface area contributed by atoms with Gasteiger partial charge in [-0.25, -0.2) is 4.39 Å². The Labute approximate surface area is 120 Å². The molecule has 0 aromatic heterocycles. The van der Waals surface area contributed by atoms with Gasteiger partial charge in [0.2, 0.25) is 0 Å². The second-order valence-electron chi connectivity index (χ2n) is 4.71. The Morgan fingerprint density at radius 3 is 2.79 bits per heavy atom. The second-order valence-corrected chi connectivity index (χ2v) is 5.56. The number of aryl methyl sites for hydroxylation is 1. The Hall–Kier alpha value is -1.55. The predicted molar refractivity (Wildman–Crippen MR) is 80.3 cm³/mol. The van der Waals surface area contributed by atoms with Crippen LogP contribution in [0.3, 0.4) is 0 Å². The molecule has 0 unspecified atom stereocenters. The lowest BCUT2D eigenvalue weighted by molar-refractivity contribution is 0.621. The minimum Gasteiger partial charge on any atom is -0.397 e. The van der Waals surface area contributed by atoms with Crippen molar-refractivity contribution in [2.45, 2.75) is 12.8 Å². The van der Waals surface area contributed by atoms with E-state index in [1.54, 1.807) is 6.07 Å². The number of rotatable bonds is 1. The molecule has 2 nitrogen and oxygen atoms in total. The highest BCUT2D eigenvalue weighted by molar-refractivity contribution is 9.10. The molecule has 0 saturated carbocycles. The molecule has 0 radical (unpaired) electrons. The van der Waals surface area contributed by atoms with E-state index < -0.39 is 0 Å². The largest absolute Gasteiger partial charge is 0.397 e. The van der Waals surface area contributed by atoms with Crippen molar-refractivity contribution in [1.29, 1.82) is 0 Å². The predicted octanol–water partition coefficient (Wildman–Crippen LogP) is 4.25. The van der Waals surface area contributed by atoms with E-state index >= 15 is 0 Å². The van der Waals surface area contributed by atoms with Crippen LogP contribution in [0, 0.1) is 5.82 Å². The monoisotopic (exact) mass is 320 g/mol. The van der Waals surface area contributed by atoms with Crippen LogP contribution in [0.1, 0.15) is 12.0 Å². The summed E-state index contributed by atoms with van der Waals surface area (Å²) in [4.78, 5) is 2.17. The summed E-state index contributed by atoms with van der Waals surface area (Å²) in [5.41, 5.74) is 9.79. The molecular formula is C15H14BrFN2. The van der Waals surface area contributed by atoms with E-state index in [0.717, 1.165) is 25.1 Å². The summed E-state index contributed by atoms with van der Waals surface area (Å²) >= 11 is 3.23. The van der Waals surface area contributed by atoms with E-state index in [1.807, 2.05) is 12.1 Å². The van der Waals surface area contributed by atoms with Crippen molar-refractivity contribution < 1.29 is 4.39 Å². The molecule has 4 heteroatoms. The molecule has 2 aromatic rings. The molecule has 0 aliphatic carbocycles. The first-order chi connectivity index (χ1) is 9.16. The summed E-state index contributed by atoms with van der Waals surface area (Å²) in [7, 11) is 0. The molecule has 0 atom stereocenters. The summed E-state index contributed by atoms with van der Waals surface area (Å²) < 4.78 is 13.9. The van der Waals surface area contributed by atoms with Crippen LogP contribution in [0.15, 0.2) is 40.9 Å². The average molecular weight is 321 g/mol. The molecule has 0 fully saturated rings. The SMILES string of the molecule is Nc1cc(F)c(Br)cc1N1CCCc2ccccc21. The van der Waals surface area contributed by atoms with Gasteiger partial charge in [0.25, 0.3) is 0 Å². The highest BCUT2D eigenvalue weighted by atomic mass is 79.9. The fourth-order valence-electron chi connectivity index (χ4n) is 2.57. The smallest absolute Gasteiger partial charge is 0.139 e. The molecule has 0 amide bonds. The summed E-state index contributed by atoms with van der Waals surface area (Å²) in [6.07, 6.45) is 2.15. The lowest BCUT2D eigenvalue weighted by atomic mass is 10.0. The highest BCUT2D eigenvalue weighted by Gasteiger charge is 2.20. The molecule has 98 valence electrons. The van der Waals surface area contributed by atoms with Gasteiger partial charge < -0.3 is 10.6 Å². The topological polar surface area (TPSA) is 29.3 Å². The Morgan fingerprint density at radius 1 is 1.16 bits per heavy atom. The number of hydrogen-bond acceptors (Lipinski definition) is 2. The van der Waals surface area contributed by atoms with Gasteiger partial charge in [-0.1, -0.05) is 18.2 Å². The van der Waals surface area contributed by atoms with Crippen molar-refractivity contribution in [2.24, 2.45) is 0 Å². The minimum atomic E-state index is -0.327. The van der Waals surface area contributed by atoms with E-state index in [2.05, 4.69) is 33.0 Å². The van der Waals surface area contributed by atoms with Crippen LogP contribution in [-0.4, -0.2) is 6.54 Å². The van der Waals surface area contributed by atoms with Gasteiger partial charge in [-0.15, -0.1) is 0 Å². The maximum atomic E-state index is 13.5.